The number of aryl methyl sites for hydroxylation is 1. The molecule has 2 aromatic carbocycles. The first-order valence-corrected chi connectivity index (χ1v) is 10.2. The Labute approximate surface area is 176 Å². The molecule has 0 spiro atoms. The fourth-order valence-corrected chi connectivity index (χ4v) is 3.82. The molecule has 3 aromatic rings. The second-order valence-corrected chi connectivity index (χ2v) is 7.63. The van der Waals surface area contributed by atoms with Crippen molar-refractivity contribution >= 4 is 11.0 Å². The number of nitrogens with one attached hydrogen (secondary N) is 1. The zero-order chi connectivity index (χ0) is 21.8. The lowest BCUT2D eigenvalue weighted by Gasteiger charge is -2.17. The summed E-state index contributed by atoms with van der Waals surface area (Å²) in [6.45, 7) is 5.61. The highest BCUT2D eigenvalue weighted by molar-refractivity contribution is 5.90. The largest absolute Gasteiger partial charge is 0.507 e. The van der Waals surface area contributed by atoms with Gasteiger partial charge in [-0.1, -0.05) is 13.3 Å². The van der Waals surface area contributed by atoms with Gasteiger partial charge in [0.25, 0.3) is 0 Å². The first-order valence-electron chi connectivity index (χ1n) is 10.2. The molecular formula is C24H30NO5+. The van der Waals surface area contributed by atoms with Gasteiger partial charge in [-0.05, 0) is 43.2 Å². The molecule has 1 atom stereocenters. The Morgan fingerprint density at radius 2 is 1.90 bits per heavy atom. The third-order valence-electron chi connectivity index (χ3n) is 5.53. The number of phenolic OH excluding ortho intramolecular Hbond substituents is 1. The Kier molecular flexibility index (Phi) is 6.67. The van der Waals surface area contributed by atoms with E-state index in [0.29, 0.717) is 40.3 Å². The van der Waals surface area contributed by atoms with Crippen LogP contribution in [0.25, 0.3) is 22.1 Å². The topological polar surface area (TPSA) is 73.3 Å². The number of hydrogen-bond donors (Lipinski definition) is 2. The smallest absolute Gasteiger partial charge is 0.344 e. The molecule has 30 heavy (non-hydrogen) atoms. The van der Waals surface area contributed by atoms with Gasteiger partial charge in [-0.15, -0.1) is 0 Å². The first kappa shape index (κ1) is 21.7. The molecule has 2 N–H and O–H groups in total. The minimum atomic E-state index is -0.457. The summed E-state index contributed by atoms with van der Waals surface area (Å²) >= 11 is 0. The number of quaternary nitrogens is 1. The van der Waals surface area contributed by atoms with Gasteiger partial charge in [0.1, 0.15) is 23.8 Å². The zero-order valence-corrected chi connectivity index (χ0v) is 18.3. The number of rotatable bonds is 8. The van der Waals surface area contributed by atoms with Crippen LogP contribution < -0.4 is 20.0 Å². The summed E-state index contributed by atoms with van der Waals surface area (Å²) < 4.78 is 16.5. The molecule has 0 amide bonds. The third-order valence-corrected chi connectivity index (χ3v) is 5.53. The quantitative estimate of drug-likeness (QED) is 0.556. The fourth-order valence-electron chi connectivity index (χ4n) is 3.82. The summed E-state index contributed by atoms with van der Waals surface area (Å²) in [7, 11) is 5.22. The van der Waals surface area contributed by atoms with Crippen molar-refractivity contribution in [2.75, 3.05) is 27.8 Å². The van der Waals surface area contributed by atoms with Crippen molar-refractivity contribution in [3.63, 3.8) is 0 Å². The lowest BCUT2D eigenvalue weighted by atomic mass is 9.97. The number of unbranched alkanes of at least 4 members (excludes halogenated alkanes) is 1. The highest BCUT2D eigenvalue weighted by Gasteiger charge is 2.21. The van der Waals surface area contributed by atoms with Crippen molar-refractivity contribution in [1.82, 2.24) is 0 Å². The summed E-state index contributed by atoms with van der Waals surface area (Å²) in [5, 5.41) is 11.3. The number of phenols is 1. The van der Waals surface area contributed by atoms with Crippen molar-refractivity contribution in [2.24, 2.45) is 0 Å². The average molecular weight is 413 g/mol. The Balaban J connectivity index is 2.17. The fraction of sp³-hybridized carbons (Fsp3) is 0.375. The molecule has 0 radical (unpaired) electrons. The van der Waals surface area contributed by atoms with Crippen molar-refractivity contribution < 1.29 is 23.9 Å². The number of fused-ring (bicyclic) bond motifs is 1. The van der Waals surface area contributed by atoms with Crippen molar-refractivity contribution in [3.05, 3.63) is 51.9 Å². The van der Waals surface area contributed by atoms with E-state index < -0.39 is 5.63 Å². The SMILES string of the molecule is CCCC[NH+](C)Cc1c(O)ccc2c(C)c(-c3ccc(OC)cc3OC)c(=O)oc12. The van der Waals surface area contributed by atoms with Gasteiger partial charge in [0.15, 0.2) is 5.58 Å². The molecule has 0 aliphatic heterocycles. The molecule has 0 saturated heterocycles. The van der Waals surface area contributed by atoms with Crippen LogP contribution in [0.4, 0.5) is 0 Å². The van der Waals surface area contributed by atoms with Gasteiger partial charge in [-0.25, -0.2) is 4.79 Å². The molecule has 3 rings (SSSR count). The van der Waals surface area contributed by atoms with Crippen molar-refractivity contribution in [3.8, 4) is 28.4 Å². The second-order valence-electron chi connectivity index (χ2n) is 7.63. The number of aromatic hydroxyl groups is 1. The number of methoxy groups -OCH3 is 2. The van der Waals surface area contributed by atoms with Gasteiger partial charge in [0.05, 0.1) is 38.9 Å². The Morgan fingerprint density at radius 1 is 1.13 bits per heavy atom. The zero-order valence-electron chi connectivity index (χ0n) is 18.3. The molecule has 1 unspecified atom stereocenters. The van der Waals surface area contributed by atoms with Crippen LogP contribution in [-0.4, -0.2) is 32.9 Å². The maximum Gasteiger partial charge on any atom is 0.344 e. The molecule has 0 saturated carbocycles. The highest BCUT2D eigenvalue weighted by Crippen LogP contribution is 2.37. The van der Waals surface area contributed by atoms with E-state index in [9.17, 15) is 9.90 Å². The van der Waals surface area contributed by atoms with Gasteiger partial charge in [0.2, 0.25) is 0 Å². The second kappa shape index (κ2) is 9.22. The Morgan fingerprint density at radius 3 is 2.57 bits per heavy atom. The van der Waals surface area contributed by atoms with E-state index in [-0.39, 0.29) is 5.75 Å². The van der Waals surface area contributed by atoms with Crippen LogP contribution in [0.3, 0.4) is 0 Å². The number of ether oxygens (including phenoxy) is 2. The molecule has 1 aromatic heterocycles. The van der Waals surface area contributed by atoms with Gasteiger partial charge in [0, 0.05) is 17.0 Å². The van der Waals surface area contributed by atoms with Crippen LogP contribution in [0.5, 0.6) is 17.2 Å². The first-order chi connectivity index (χ1) is 14.4. The molecule has 0 aliphatic carbocycles. The summed E-state index contributed by atoms with van der Waals surface area (Å²) in [6.07, 6.45) is 2.21. The maximum absolute atomic E-state index is 13.1. The van der Waals surface area contributed by atoms with Crippen LogP contribution in [-0.2, 0) is 6.54 Å². The van der Waals surface area contributed by atoms with Crippen LogP contribution in [0.2, 0.25) is 0 Å². The maximum atomic E-state index is 13.1. The molecule has 0 fully saturated rings. The van der Waals surface area contributed by atoms with Crippen molar-refractivity contribution in [1.29, 1.82) is 0 Å². The van der Waals surface area contributed by atoms with E-state index in [0.717, 1.165) is 30.3 Å². The van der Waals surface area contributed by atoms with E-state index in [1.807, 2.05) is 6.92 Å². The number of benzene rings is 2. The van der Waals surface area contributed by atoms with Crippen molar-refractivity contribution in [2.45, 2.75) is 33.2 Å². The minimum absolute atomic E-state index is 0.149. The molecule has 6 heteroatoms. The van der Waals surface area contributed by atoms with Gasteiger partial charge >= 0.3 is 5.63 Å². The number of hydrogen-bond acceptors (Lipinski definition) is 5. The van der Waals surface area contributed by atoms with Crippen LogP contribution in [0.15, 0.2) is 39.5 Å². The molecule has 6 nitrogen and oxygen atoms in total. The van der Waals surface area contributed by atoms with Crippen LogP contribution >= 0.6 is 0 Å². The molecule has 160 valence electrons. The standard InChI is InChI=1S/C24H29NO5/c1-6-7-12-25(3)14-19-20(26)11-10-17-15(2)22(24(27)30-23(17)19)18-9-8-16(28-4)13-21(18)29-5/h8-11,13,26H,6-7,12,14H2,1-5H3/p+1. The summed E-state index contributed by atoms with van der Waals surface area (Å²) in [6, 6.07) is 8.80. The molecule has 0 bridgehead atoms. The molecule has 0 aliphatic rings. The predicted molar refractivity (Wildman–Crippen MR) is 118 cm³/mol. The lowest BCUT2D eigenvalue weighted by molar-refractivity contribution is -0.893. The van der Waals surface area contributed by atoms with E-state index in [1.54, 1.807) is 44.6 Å². The van der Waals surface area contributed by atoms with Gasteiger partial charge < -0.3 is 23.9 Å². The summed E-state index contributed by atoms with van der Waals surface area (Å²) in [5.41, 5.74) is 2.54. The molecule has 1 heterocycles. The van der Waals surface area contributed by atoms with E-state index in [4.69, 9.17) is 13.9 Å². The average Bonchev–Trinajstić information content (AvgIpc) is 2.74. The molecular weight excluding hydrogens is 382 g/mol. The minimum Gasteiger partial charge on any atom is -0.507 e. The Hall–Kier alpha value is -2.99. The lowest BCUT2D eigenvalue weighted by Crippen LogP contribution is -3.07. The van der Waals surface area contributed by atoms with Gasteiger partial charge in [-0.2, -0.15) is 0 Å². The summed E-state index contributed by atoms with van der Waals surface area (Å²) in [5.74, 6) is 1.33. The van der Waals surface area contributed by atoms with Crippen LogP contribution in [0, 0.1) is 6.92 Å². The highest BCUT2D eigenvalue weighted by atomic mass is 16.5. The van der Waals surface area contributed by atoms with Crippen LogP contribution in [0.1, 0.15) is 30.9 Å². The van der Waals surface area contributed by atoms with E-state index in [1.165, 1.54) is 4.90 Å². The Bertz CT molecular complexity index is 1100. The normalized spacial score (nSPS) is 12.2. The van der Waals surface area contributed by atoms with Gasteiger partial charge in [-0.3, -0.25) is 0 Å². The predicted octanol–water partition coefficient (Wildman–Crippen LogP) is 3.31. The summed E-state index contributed by atoms with van der Waals surface area (Å²) in [4.78, 5) is 14.3. The third kappa shape index (κ3) is 4.14. The van der Waals surface area contributed by atoms with E-state index >= 15 is 0 Å². The monoisotopic (exact) mass is 412 g/mol. The van der Waals surface area contributed by atoms with E-state index in [2.05, 4.69) is 14.0 Å².